The molecule has 5 rings (SSSR count). The number of anilines is 1. The molecular weight excluding hydrogens is 475 g/mol. The first-order valence-electron chi connectivity index (χ1n) is 10.3. The van der Waals surface area contributed by atoms with Crippen molar-refractivity contribution in [2.45, 2.75) is 13.5 Å². The molecule has 1 aromatic heterocycles. The molecule has 2 heterocycles. The van der Waals surface area contributed by atoms with Crippen LogP contribution in [0.2, 0.25) is 5.02 Å². The van der Waals surface area contributed by atoms with Crippen LogP contribution < -0.4 is 4.90 Å². The Balaban J connectivity index is 1.56. The van der Waals surface area contributed by atoms with Gasteiger partial charge in [0.2, 0.25) is 0 Å². The Kier molecular flexibility index (Phi) is 5.83. The largest absolute Gasteiger partial charge is 0.342 e. The van der Waals surface area contributed by atoms with Crippen LogP contribution in [0, 0.1) is 12.7 Å². The molecule has 0 spiro atoms. The van der Waals surface area contributed by atoms with E-state index < -0.39 is 0 Å². The van der Waals surface area contributed by atoms with Crippen LogP contribution in [-0.4, -0.2) is 14.8 Å². The lowest BCUT2D eigenvalue weighted by Crippen LogP contribution is -2.28. The summed E-state index contributed by atoms with van der Waals surface area (Å²) in [7, 11) is 0. The first-order valence-corrected chi connectivity index (χ1v) is 11.9. The number of carbonyl (C=O) groups is 1. The van der Waals surface area contributed by atoms with Crippen molar-refractivity contribution in [2.75, 3.05) is 4.90 Å². The number of hydrogen-bond donors (Lipinski definition) is 0. The number of halogens is 2. The monoisotopic (exact) mass is 492 g/mol. The number of para-hydroxylation sites is 2. The van der Waals surface area contributed by atoms with Gasteiger partial charge in [-0.25, -0.2) is 4.39 Å². The molecule has 3 aromatic carbocycles. The summed E-state index contributed by atoms with van der Waals surface area (Å²) in [5, 5.41) is 1.35. The van der Waals surface area contributed by atoms with Gasteiger partial charge in [-0.2, -0.15) is 0 Å². The molecule has 0 atom stereocenters. The molecule has 3 nitrogen and oxygen atoms in total. The molecule has 1 fully saturated rings. The maximum Gasteiger partial charge on any atom is 0.270 e. The summed E-state index contributed by atoms with van der Waals surface area (Å²) in [4.78, 5) is 15.4. The van der Waals surface area contributed by atoms with Crippen LogP contribution in [0.4, 0.5) is 10.1 Å². The van der Waals surface area contributed by atoms with Gasteiger partial charge in [0.25, 0.3) is 5.91 Å². The van der Waals surface area contributed by atoms with Crippen molar-refractivity contribution in [3.63, 3.8) is 0 Å². The van der Waals surface area contributed by atoms with Gasteiger partial charge in [-0.05, 0) is 42.8 Å². The van der Waals surface area contributed by atoms with Crippen molar-refractivity contribution in [1.82, 2.24) is 4.57 Å². The second-order valence-electron chi connectivity index (χ2n) is 7.73. The van der Waals surface area contributed by atoms with Crippen LogP contribution in [0.5, 0.6) is 0 Å². The molecule has 164 valence electrons. The Bertz CT molecular complexity index is 1440. The van der Waals surface area contributed by atoms with E-state index in [2.05, 4.69) is 0 Å². The van der Waals surface area contributed by atoms with E-state index in [9.17, 15) is 9.18 Å². The number of fused-ring (bicyclic) bond motifs is 1. The average Bonchev–Trinajstić information content (AvgIpc) is 3.28. The Labute approximate surface area is 205 Å². The Morgan fingerprint density at radius 2 is 1.82 bits per heavy atom. The highest BCUT2D eigenvalue weighted by Gasteiger charge is 2.34. The Morgan fingerprint density at radius 3 is 2.61 bits per heavy atom. The molecule has 1 amide bonds. The first-order chi connectivity index (χ1) is 15.9. The number of carbonyl (C=O) groups excluding carboxylic acids is 1. The minimum absolute atomic E-state index is 0.145. The van der Waals surface area contributed by atoms with E-state index in [1.165, 1.54) is 17.8 Å². The number of amides is 1. The molecule has 4 aromatic rings. The van der Waals surface area contributed by atoms with E-state index in [0.29, 0.717) is 19.8 Å². The van der Waals surface area contributed by atoms with E-state index in [0.717, 1.165) is 27.7 Å². The lowest BCUT2D eigenvalue weighted by atomic mass is 10.1. The van der Waals surface area contributed by atoms with E-state index in [1.54, 1.807) is 17.0 Å². The van der Waals surface area contributed by atoms with Gasteiger partial charge in [0.1, 0.15) is 5.82 Å². The van der Waals surface area contributed by atoms with Crippen molar-refractivity contribution in [1.29, 1.82) is 0 Å². The smallest absolute Gasteiger partial charge is 0.270 e. The third kappa shape index (κ3) is 3.99. The summed E-state index contributed by atoms with van der Waals surface area (Å²) >= 11 is 13.1. The van der Waals surface area contributed by atoms with Gasteiger partial charge in [0.15, 0.2) is 4.32 Å². The Morgan fingerprint density at radius 1 is 1.06 bits per heavy atom. The minimum atomic E-state index is -0.346. The number of aromatic nitrogens is 1. The molecule has 0 N–H and O–H groups in total. The second-order valence-corrected chi connectivity index (χ2v) is 9.82. The molecule has 0 unspecified atom stereocenters. The predicted molar refractivity (Wildman–Crippen MR) is 139 cm³/mol. The number of benzene rings is 3. The summed E-state index contributed by atoms with van der Waals surface area (Å²) in [5.41, 5.74) is 3.99. The fourth-order valence-electron chi connectivity index (χ4n) is 4.01. The third-order valence-electron chi connectivity index (χ3n) is 5.65. The van der Waals surface area contributed by atoms with Gasteiger partial charge in [-0.3, -0.25) is 9.69 Å². The quantitative estimate of drug-likeness (QED) is 0.222. The number of nitrogens with zero attached hydrogens (tertiary/aromatic N) is 2. The van der Waals surface area contributed by atoms with Gasteiger partial charge in [-0.15, -0.1) is 0 Å². The molecule has 1 saturated heterocycles. The van der Waals surface area contributed by atoms with Gasteiger partial charge in [0.05, 0.1) is 17.1 Å². The highest BCUT2D eigenvalue weighted by atomic mass is 35.5. The standard InChI is InChI=1S/C26H18ClFN2OS2/c1-16-7-2-4-11-22(16)30-25(31)24(33-26(30)32)13-17-14-29(23-12-5-3-8-18(17)23)15-19-20(27)9-6-10-21(19)28/h2-14H,15H2,1H3/b24-13+. The molecule has 0 saturated carbocycles. The zero-order chi connectivity index (χ0) is 23.1. The van der Waals surface area contributed by atoms with Crippen LogP contribution in [0.1, 0.15) is 16.7 Å². The predicted octanol–water partition coefficient (Wildman–Crippen LogP) is 7.20. The average molecular weight is 493 g/mol. The molecule has 33 heavy (non-hydrogen) atoms. The highest BCUT2D eigenvalue weighted by Crippen LogP contribution is 2.38. The van der Waals surface area contributed by atoms with Crippen molar-refractivity contribution in [3.8, 4) is 0 Å². The first kappa shape index (κ1) is 21.9. The lowest BCUT2D eigenvalue weighted by molar-refractivity contribution is -0.113. The van der Waals surface area contributed by atoms with Crippen LogP contribution in [0.15, 0.2) is 77.8 Å². The van der Waals surface area contributed by atoms with E-state index >= 15 is 0 Å². The molecule has 1 aliphatic heterocycles. The van der Waals surface area contributed by atoms with Crippen LogP contribution >= 0.6 is 35.6 Å². The molecule has 0 aliphatic carbocycles. The van der Waals surface area contributed by atoms with Crippen molar-refractivity contribution in [3.05, 3.63) is 105 Å². The topological polar surface area (TPSA) is 25.2 Å². The van der Waals surface area contributed by atoms with Gasteiger partial charge < -0.3 is 4.57 Å². The maximum atomic E-state index is 14.4. The van der Waals surface area contributed by atoms with Crippen molar-refractivity contribution >= 4 is 68.5 Å². The molecule has 7 heteroatoms. The number of thiocarbonyl (C=S) groups is 1. The summed E-state index contributed by atoms with van der Waals surface area (Å²) in [6.45, 7) is 2.24. The summed E-state index contributed by atoms with van der Waals surface area (Å²) < 4.78 is 16.9. The van der Waals surface area contributed by atoms with Gasteiger partial charge >= 0.3 is 0 Å². The van der Waals surface area contributed by atoms with E-state index in [1.807, 2.05) is 72.3 Å². The summed E-state index contributed by atoms with van der Waals surface area (Å²) in [6.07, 6.45) is 3.78. The van der Waals surface area contributed by atoms with E-state index in [-0.39, 0.29) is 18.3 Å². The fourth-order valence-corrected chi connectivity index (χ4v) is 5.50. The second kappa shape index (κ2) is 8.78. The summed E-state index contributed by atoms with van der Waals surface area (Å²) in [5.74, 6) is -0.491. The SMILES string of the molecule is Cc1ccccc1N1C(=O)/C(=C\c2cn(Cc3c(F)cccc3Cl)c3ccccc23)SC1=S. The van der Waals surface area contributed by atoms with Crippen LogP contribution in [0.3, 0.4) is 0 Å². The van der Waals surface area contributed by atoms with Crippen LogP contribution in [0.25, 0.3) is 17.0 Å². The van der Waals surface area contributed by atoms with E-state index in [4.69, 9.17) is 23.8 Å². The summed E-state index contributed by atoms with van der Waals surface area (Å²) in [6, 6.07) is 20.2. The lowest BCUT2D eigenvalue weighted by Gasteiger charge is -2.16. The molecule has 1 aliphatic rings. The maximum absolute atomic E-state index is 14.4. The molecule has 0 radical (unpaired) electrons. The number of rotatable bonds is 4. The molecule has 0 bridgehead atoms. The number of hydrogen-bond acceptors (Lipinski definition) is 3. The van der Waals surface area contributed by atoms with Crippen molar-refractivity contribution < 1.29 is 9.18 Å². The van der Waals surface area contributed by atoms with Crippen molar-refractivity contribution in [2.24, 2.45) is 0 Å². The zero-order valence-corrected chi connectivity index (χ0v) is 20.0. The van der Waals surface area contributed by atoms with Gasteiger partial charge in [-0.1, -0.05) is 78.0 Å². The molecular formula is C26H18ClFN2OS2. The minimum Gasteiger partial charge on any atom is -0.342 e. The third-order valence-corrected chi connectivity index (χ3v) is 7.30. The zero-order valence-electron chi connectivity index (χ0n) is 17.6. The van der Waals surface area contributed by atoms with Crippen LogP contribution in [-0.2, 0) is 11.3 Å². The van der Waals surface area contributed by atoms with Gasteiger partial charge in [0, 0.05) is 33.2 Å². The normalized spacial score (nSPS) is 15.2. The Hall–Kier alpha value is -2.93. The fraction of sp³-hybridized carbons (Fsp3) is 0.0769. The highest BCUT2D eigenvalue weighted by molar-refractivity contribution is 8.27. The number of thioether (sulfide) groups is 1. The number of aryl methyl sites for hydroxylation is 1.